The molecule has 0 heterocycles. The van der Waals surface area contributed by atoms with Gasteiger partial charge in [-0.1, -0.05) is 70.3 Å². The van der Waals surface area contributed by atoms with Crippen molar-refractivity contribution < 1.29 is 14.6 Å². The Kier molecular flexibility index (Phi) is 8.07. The van der Waals surface area contributed by atoms with Gasteiger partial charge in [-0.05, 0) is 50.5 Å². The third-order valence-electron chi connectivity index (χ3n) is 5.15. The molecular formula is C24H35O3P. The Labute approximate surface area is 172 Å². The van der Waals surface area contributed by atoms with Gasteiger partial charge >= 0.3 is 0 Å². The third kappa shape index (κ3) is 5.35. The molecule has 0 radical (unpaired) electrons. The average Bonchev–Trinajstić information content (AvgIpc) is 2.62. The summed E-state index contributed by atoms with van der Waals surface area (Å²) in [5, 5.41) is 11.5. The number of aryl methyl sites for hydroxylation is 3. The van der Waals surface area contributed by atoms with Gasteiger partial charge in [-0.25, -0.2) is 0 Å². The SMILES string of the molecule is CCCC(C)(Pc1ccc(C)cc1C(C)O)c1cc(C)cc(C)c1OCOC. The predicted molar refractivity (Wildman–Crippen MR) is 120 cm³/mol. The van der Waals surface area contributed by atoms with Crippen LogP contribution < -0.4 is 10.0 Å². The lowest BCUT2D eigenvalue weighted by atomic mass is 9.91. The number of hydrogen-bond acceptors (Lipinski definition) is 3. The summed E-state index contributed by atoms with van der Waals surface area (Å²) in [6.45, 7) is 13.0. The molecule has 0 fully saturated rings. The first kappa shape index (κ1) is 22.9. The fourth-order valence-electron chi connectivity index (χ4n) is 3.88. The molecule has 0 bridgehead atoms. The maximum atomic E-state index is 10.3. The van der Waals surface area contributed by atoms with Gasteiger partial charge < -0.3 is 14.6 Å². The van der Waals surface area contributed by atoms with E-state index in [0.717, 1.165) is 29.7 Å². The number of methoxy groups -OCH3 is 1. The number of aliphatic hydroxyl groups excluding tert-OH is 1. The number of ether oxygens (including phenoxy) is 2. The lowest BCUT2D eigenvalue weighted by Crippen LogP contribution is -2.23. The molecule has 0 aromatic heterocycles. The molecule has 0 saturated heterocycles. The van der Waals surface area contributed by atoms with Crippen molar-refractivity contribution in [2.75, 3.05) is 13.9 Å². The summed E-state index contributed by atoms with van der Waals surface area (Å²) in [5.74, 6) is 0.932. The molecule has 2 rings (SSSR count). The van der Waals surface area contributed by atoms with E-state index in [1.807, 2.05) is 6.92 Å². The van der Waals surface area contributed by atoms with Gasteiger partial charge in [0, 0.05) is 17.8 Å². The predicted octanol–water partition coefficient (Wildman–Crippen LogP) is 5.67. The molecule has 0 aliphatic carbocycles. The van der Waals surface area contributed by atoms with Crippen LogP contribution in [0.25, 0.3) is 0 Å². The van der Waals surface area contributed by atoms with Crippen molar-refractivity contribution in [2.24, 2.45) is 0 Å². The lowest BCUT2D eigenvalue weighted by molar-refractivity contribution is 0.0495. The van der Waals surface area contributed by atoms with Crippen LogP contribution in [0.5, 0.6) is 5.75 Å². The molecular weight excluding hydrogens is 367 g/mol. The Hall–Kier alpha value is -1.41. The maximum Gasteiger partial charge on any atom is 0.188 e. The largest absolute Gasteiger partial charge is 0.467 e. The molecule has 3 unspecified atom stereocenters. The highest BCUT2D eigenvalue weighted by Gasteiger charge is 2.32. The Balaban J connectivity index is 2.58. The Bertz CT molecular complexity index is 801. The zero-order valence-corrected chi connectivity index (χ0v) is 19.3. The first-order valence-corrected chi connectivity index (χ1v) is 11.0. The Morgan fingerprint density at radius 1 is 1.11 bits per heavy atom. The van der Waals surface area contributed by atoms with Crippen molar-refractivity contribution in [3.05, 3.63) is 58.1 Å². The van der Waals surface area contributed by atoms with E-state index in [1.165, 1.54) is 22.0 Å². The summed E-state index contributed by atoms with van der Waals surface area (Å²) in [6, 6.07) is 10.9. The monoisotopic (exact) mass is 402 g/mol. The van der Waals surface area contributed by atoms with Gasteiger partial charge in [-0.15, -0.1) is 0 Å². The van der Waals surface area contributed by atoms with Gasteiger partial charge in [0.1, 0.15) is 5.75 Å². The van der Waals surface area contributed by atoms with E-state index >= 15 is 0 Å². The maximum absolute atomic E-state index is 10.3. The quantitative estimate of drug-likeness (QED) is 0.434. The molecule has 3 nitrogen and oxygen atoms in total. The van der Waals surface area contributed by atoms with E-state index in [2.05, 4.69) is 65.0 Å². The van der Waals surface area contributed by atoms with E-state index < -0.39 is 6.10 Å². The normalized spacial score (nSPS) is 15.0. The van der Waals surface area contributed by atoms with Crippen LogP contribution in [0, 0.1) is 20.8 Å². The van der Waals surface area contributed by atoms with Crippen LogP contribution in [0.15, 0.2) is 30.3 Å². The highest BCUT2D eigenvalue weighted by atomic mass is 31.1. The first-order chi connectivity index (χ1) is 13.2. The molecule has 1 N–H and O–H groups in total. The molecule has 2 aromatic rings. The second kappa shape index (κ2) is 9.87. The molecule has 154 valence electrons. The summed E-state index contributed by atoms with van der Waals surface area (Å²) >= 11 is 0. The van der Waals surface area contributed by atoms with Crippen LogP contribution in [-0.2, 0) is 9.89 Å². The molecule has 4 heteroatoms. The molecule has 28 heavy (non-hydrogen) atoms. The minimum Gasteiger partial charge on any atom is -0.467 e. The van der Waals surface area contributed by atoms with Crippen LogP contribution in [0.3, 0.4) is 0 Å². The van der Waals surface area contributed by atoms with E-state index in [0.29, 0.717) is 8.58 Å². The zero-order valence-electron chi connectivity index (χ0n) is 18.3. The van der Waals surface area contributed by atoms with E-state index in [1.54, 1.807) is 7.11 Å². The van der Waals surface area contributed by atoms with Crippen molar-refractivity contribution in [3.63, 3.8) is 0 Å². The number of aliphatic hydroxyl groups is 1. The standard InChI is InChI=1S/C24H35O3P/c1-8-11-24(6,28-22-10-9-16(2)13-20(22)19(5)25)21-14-17(3)12-18(4)23(21)27-15-26-7/h9-10,12-14,19,25,28H,8,11,15H2,1-7H3. The van der Waals surface area contributed by atoms with Crippen LogP contribution in [0.2, 0.25) is 0 Å². The van der Waals surface area contributed by atoms with Gasteiger partial charge in [-0.3, -0.25) is 0 Å². The number of rotatable bonds is 9. The van der Waals surface area contributed by atoms with Gasteiger partial charge in [0.15, 0.2) is 6.79 Å². The van der Waals surface area contributed by atoms with Gasteiger partial charge in [0.25, 0.3) is 0 Å². The van der Waals surface area contributed by atoms with Crippen LogP contribution in [0.4, 0.5) is 0 Å². The van der Waals surface area contributed by atoms with Crippen molar-refractivity contribution >= 4 is 13.9 Å². The lowest BCUT2D eigenvalue weighted by Gasteiger charge is -2.34. The summed E-state index contributed by atoms with van der Waals surface area (Å²) in [6.07, 6.45) is 1.65. The molecule has 0 aliphatic heterocycles. The third-order valence-corrected chi connectivity index (χ3v) is 6.95. The average molecular weight is 403 g/mol. The molecule has 0 spiro atoms. The minimum absolute atomic E-state index is 0.0759. The summed E-state index contributed by atoms with van der Waals surface area (Å²) in [4.78, 5) is 0. The molecule has 3 atom stereocenters. The van der Waals surface area contributed by atoms with Crippen molar-refractivity contribution in [2.45, 2.75) is 65.6 Å². The van der Waals surface area contributed by atoms with E-state index in [9.17, 15) is 5.11 Å². The van der Waals surface area contributed by atoms with Crippen LogP contribution in [-0.4, -0.2) is 19.0 Å². The highest BCUT2D eigenvalue weighted by Crippen LogP contribution is 2.50. The second-order valence-electron chi connectivity index (χ2n) is 7.98. The van der Waals surface area contributed by atoms with Crippen molar-refractivity contribution in [1.82, 2.24) is 0 Å². The number of benzene rings is 2. The molecule has 0 aliphatic rings. The number of hydrogen-bond donors (Lipinski definition) is 1. The second-order valence-corrected chi connectivity index (χ2v) is 9.88. The highest BCUT2D eigenvalue weighted by molar-refractivity contribution is 7.48. The first-order valence-electron chi connectivity index (χ1n) is 10.0. The van der Waals surface area contributed by atoms with Gasteiger partial charge in [0.2, 0.25) is 0 Å². The van der Waals surface area contributed by atoms with Gasteiger partial charge in [0.05, 0.1) is 6.10 Å². The fourth-order valence-corrected chi connectivity index (χ4v) is 5.76. The molecule has 0 saturated carbocycles. The van der Waals surface area contributed by atoms with Crippen LogP contribution in [0.1, 0.15) is 67.5 Å². The molecule has 0 amide bonds. The van der Waals surface area contributed by atoms with Crippen molar-refractivity contribution in [3.8, 4) is 5.75 Å². The summed E-state index contributed by atoms with van der Waals surface area (Å²) < 4.78 is 11.2. The molecule has 2 aromatic carbocycles. The topological polar surface area (TPSA) is 38.7 Å². The Morgan fingerprint density at radius 2 is 1.82 bits per heavy atom. The van der Waals surface area contributed by atoms with E-state index in [4.69, 9.17) is 9.47 Å². The smallest absolute Gasteiger partial charge is 0.188 e. The van der Waals surface area contributed by atoms with Crippen molar-refractivity contribution in [1.29, 1.82) is 0 Å². The van der Waals surface area contributed by atoms with Gasteiger partial charge in [-0.2, -0.15) is 0 Å². The summed E-state index contributed by atoms with van der Waals surface area (Å²) in [5.41, 5.74) is 5.82. The van der Waals surface area contributed by atoms with Crippen LogP contribution >= 0.6 is 8.58 Å². The Morgan fingerprint density at radius 3 is 2.43 bits per heavy atom. The minimum atomic E-state index is -0.475. The fraction of sp³-hybridized carbons (Fsp3) is 0.500. The zero-order chi connectivity index (χ0) is 20.9. The van der Waals surface area contributed by atoms with E-state index in [-0.39, 0.29) is 11.9 Å². The summed E-state index contributed by atoms with van der Waals surface area (Å²) in [7, 11) is 2.18.